The molecule has 9 heteroatoms. The Morgan fingerprint density at radius 2 is 1.66 bits per heavy atom. The number of benzene rings is 1. The van der Waals surface area contributed by atoms with Crippen molar-refractivity contribution in [3.05, 3.63) is 34.9 Å². The van der Waals surface area contributed by atoms with E-state index in [2.05, 4.69) is 10.6 Å². The highest BCUT2D eigenvalue weighted by molar-refractivity contribution is 5.95. The molecule has 0 aliphatic heterocycles. The first kappa shape index (κ1) is 28.1. The van der Waals surface area contributed by atoms with Crippen LogP contribution in [0.1, 0.15) is 77.1 Å². The average molecular weight is 489 g/mol. The molecule has 35 heavy (non-hydrogen) atoms. The van der Waals surface area contributed by atoms with Crippen molar-refractivity contribution in [3.8, 4) is 0 Å². The van der Waals surface area contributed by atoms with Crippen molar-refractivity contribution in [1.29, 1.82) is 0 Å². The molecule has 1 aliphatic rings. The Morgan fingerprint density at radius 1 is 1.11 bits per heavy atom. The maximum atomic E-state index is 14.0. The van der Waals surface area contributed by atoms with Crippen LogP contribution in [0.25, 0.3) is 0 Å². The summed E-state index contributed by atoms with van der Waals surface area (Å²) in [5, 5.41) is 5.46. The fourth-order valence-electron chi connectivity index (χ4n) is 4.22. The number of hydrogen-bond acceptors (Lipinski definition) is 5. The van der Waals surface area contributed by atoms with Crippen molar-refractivity contribution in [2.75, 3.05) is 0 Å². The van der Waals surface area contributed by atoms with Gasteiger partial charge in [-0.25, -0.2) is 4.79 Å². The van der Waals surface area contributed by atoms with Crippen LogP contribution in [0, 0.1) is 19.8 Å². The molecule has 194 valence electrons. The van der Waals surface area contributed by atoms with E-state index in [0.717, 1.165) is 16.7 Å². The zero-order valence-electron chi connectivity index (χ0n) is 22.1. The van der Waals surface area contributed by atoms with Crippen LogP contribution in [0.2, 0.25) is 0 Å². The number of amides is 4. The first-order chi connectivity index (χ1) is 16.1. The molecule has 1 aromatic carbocycles. The number of nitrogens with zero attached hydrogens (tertiary/aromatic N) is 1. The van der Waals surface area contributed by atoms with E-state index in [1.54, 1.807) is 20.8 Å². The van der Waals surface area contributed by atoms with Gasteiger partial charge in [-0.3, -0.25) is 14.4 Å². The van der Waals surface area contributed by atoms with Crippen LogP contribution in [-0.2, 0) is 19.1 Å². The molecule has 4 unspecified atom stereocenters. The van der Waals surface area contributed by atoms with Gasteiger partial charge in [-0.05, 0) is 77.5 Å². The summed E-state index contributed by atoms with van der Waals surface area (Å²) in [6.45, 7) is 14.6. The number of carbonyl (C=O) groups is 4. The van der Waals surface area contributed by atoms with Crippen LogP contribution in [0.5, 0.6) is 0 Å². The van der Waals surface area contributed by atoms with Crippen molar-refractivity contribution in [3.63, 3.8) is 0 Å². The molecule has 0 bridgehead atoms. The van der Waals surface area contributed by atoms with Crippen molar-refractivity contribution >= 4 is 23.8 Å². The van der Waals surface area contributed by atoms with Gasteiger partial charge in [0.1, 0.15) is 17.7 Å². The van der Waals surface area contributed by atoms with Gasteiger partial charge in [0.05, 0.1) is 6.42 Å². The molecule has 1 aliphatic carbocycles. The minimum absolute atomic E-state index is 0.149. The minimum Gasteiger partial charge on any atom is -0.444 e. The van der Waals surface area contributed by atoms with E-state index in [4.69, 9.17) is 10.5 Å². The van der Waals surface area contributed by atoms with E-state index in [1.165, 1.54) is 4.90 Å². The third-order valence-corrected chi connectivity index (χ3v) is 5.85. The van der Waals surface area contributed by atoms with Crippen LogP contribution in [0.15, 0.2) is 18.2 Å². The molecule has 4 amide bonds. The molecule has 1 aromatic rings. The monoisotopic (exact) mass is 488 g/mol. The third kappa shape index (κ3) is 7.70. The Labute approximate surface area is 208 Å². The third-order valence-electron chi connectivity index (χ3n) is 5.85. The number of aryl methyl sites for hydroxylation is 2. The van der Waals surface area contributed by atoms with Gasteiger partial charge >= 0.3 is 6.09 Å². The number of rotatable bonds is 9. The van der Waals surface area contributed by atoms with Gasteiger partial charge in [0.2, 0.25) is 17.7 Å². The Hall–Kier alpha value is -3.10. The smallest absolute Gasteiger partial charge is 0.408 e. The normalized spacial score (nSPS) is 18.9. The minimum atomic E-state index is -1.27. The number of hydrogen-bond donors (Lipinski definition) is 3. The average Bonchev–Trinajstić information content (AvgIpc) is 3.39. The van der Waals surface area contributed by atoms with Gasteiger partial charge in [-0.2, -0.15) is 0 Å². The standard InChI is InChI=1S/C26H40N4O5/c1-14(2)28-23(32)22(21-15(3)10-9-11-16(21)4)30(19-12-17(19)5)24(33)18(13-20(27)31)29-25(34)35-26(6,7)8/h9-11,14,17-19,22H,12-13H2,1-8H3,(H2,27,31)(H,28,32)(H,29,34). The molecule has 0 spiro atoms. The number of nitrogens with one attached hydrogen (secondary N) is 2. The van der Waals surface area contributed by atoms with E-state index in [-0.39, 0.29) is 23.9 Å². The lowest BCUT2D eigenvalue weighted by Gasteiger charge is -2.36. The largest absolute Gasteiger partial charge is 0.444 e. The molecule has 4 N–H and O–H groups in total. The van der Waals surface area contributed by atoms with Crippen molar-refractivity contribution < 1.29 is 23.9 Å². The second kappa shape index (κ2) is 11.1. The lowest BCUT2D eigenvalue weighted by atomic mass is 9.93. The quantitative estimate of drug-likeness (QED) is 0.492. The fourth-order valence-corrected chi connectivity index (χ4v) is 4.22. The number of primary amides is 1. The van der Waals surface area contributed by atoms with Gasteiger partial charge in [0, 0.05) is 12.1 Å². The molecule has 0 radical (unpaired) electrons. The van der Waals surface area contributed by atoms with Gasteiger partial charge < -0.3 is 26.0 Å². The van der Waals surface area contributed by atoms with Crippen LogP contribution >= 0.6 is 0 Å². The molecule has 9 nitrogen and oxygen atoms in total. The summed E-state index contributed by atoms with van der Waals surface area (Å²) in [4.78, 5) is 53.5. The van der Waals surface area contributed by atoms with E-state index in [1.807, 2.05) is 52.8 Å². The summed E-state index contributed by atoms with van der Waals surface area (Å²) in [5.41, 5.74) is 7.10. The SMILES string of the molecule is Cc1cccc(C)c1C(C(=O)NC(C)C)N(C(=O)C(CC(N)=O)NC(=O)OC(C)(C)C)C1CC1C. The Morgan fingerprint density at radius 3 is 2.09 bits per heavy atom. The second-order valence-electron chi connectivity index (χ2n) is 10.8. The molecule has 0 saturated heterocycles. The zero-order valence-corrected chi connectivity index (χ0v) is 22.1. The highest BCUT2D eigenvalue weighted by Crippen LogP contribution is 2.42. The van der Waals surface area contributed by atoms with E-state index < -0.39 is 42.0 Å². The highest BCUT2D eigenvalue weighted by atomic mass is 16.6. The maximum Gasteiger partial charge on any atom is 0.408 e. The maximum absolute atomic E-state index is 14.0. The molecule has 0 aromatic heterocycles. The van der Waals surface area contributed by atoms with E-state index in [0.29, 0.717) is 6.42 Å². The lowest BCUT2D eigenvalue weighted by molar-refractivity contribution is -0.144. The topological polar surface area (TPSA) is 131 Å². The Balaban J connectivity index is 2.56. The van der Waals surface area contributed by atoms with Crippen molar-refractivity contribution in [1.82, 2.24) is 15.5 Å². The summed E-state index contributed by atoms with van der Waals surface area (Å²) in [7, 11) is 0. The van der Waals surface area contributed by atoms with Crippen LogP contribution in [0.4, 0.5) is 4.79 Å². The van der Waals surface area contributed by atoms with Crippen LogP contribution in [-0.4, -0.2) is 52.4 Å². The van der Waals surface area contributed by atoms with E-state index >= 15 is 0 Å². The van der Waals surface area contributed by atoms with Gasteiger partial charge in [0.15, 0.2) is 0 Å². The molecular weight excluding hydrogens is 448 g/mol. The molecule has 1 fully saturated rings. The molecule has 2 rings (SSSR count). The molecular formula is C26H40N4O5. The van der Waals surface area contributed by atoms with Crippen molar-refractivity contribution in [2.24, 2.45) is 11.7 Å². The van der Waals surface area contributed by atoms with Gasteiger partial charge in [0.25, 0.3) is 0 Å². The summed E-state index contributed by atoms with van der Waals surface area (Å²) in [6.07, 6.45) is -0.546. The molecule has 4 atom stereocenters. The first-order valence-corrected chi connectivity index (χ1v) is 12.1. The number of carbonyl (C=O) groups excluding carboxylic acids is 4. The predicted octanol–water partition coefficient (Wildman–Crippen LogP) is 2.87. The fraction of sp³-hybridized carbons (Fsp3) is 0.615. The van der Waals surface area contributed by atoms with Crippen LogP contribution < -0.4 is 16.4 Å². The lowest BCUT2D eigenvalue weighted by Crippen LogP contribution is -2.55. The number of ether oxygens (including phenoxy) is 1. The van der Waals surface area contributed by atoms with Crippen molar-refractivity contribution in [2.45, 2.75) is 98.0 Å². The summed E-state index contributed by atoms with van der Waals surface area (Å²) in [6, 6.07) is 3.13. The van der Waals surface area contributed by atoms with Gasteiger partial charge in [-0.15, -0.1) is 0 Å². The Bertz CT molecular complexity index is 949. The first-order valence-electron chi connectivity index (χ1n) is 12.1. The zero-order chi connectivity index (χ0) is 26.7. The predicted molar refractivity (Wildman–Crippen MR) is 133 cm³/mol. The van der Waals surface area contributed by atoms with E-state index in [9.17, 15) is 19.2 Å². The summed E-state index contributed by atoms with van der Waals surface area (Å²) < 4.78 is 5.31. The summed E-state index contributed by atoms with van der Waals surface area (Å²) in [5.74, 6) is -1.46. The number of nitrogens with two attached hydrogens (primary N) is 1. The van der Waals surface area contributed by atoms with Crippen LogP contribution in [0.3, 0.4) is 0 Å². The number of alkyl carbamates (subject to hydrolysis) is 1. The molecule has 1 saturated carbocycles. The second-order valence-corrected chi connectivity index (χ2v) is 10.8. The summed E-state index contributed by atoms with van der Waals surface area (Å²) >= 11 is 0. The highest BCUT2D eigenvalue weighted by Gasteiger charge is 2.49. The Kier molecular flexibility index (Phi) is 8.92. The van der Waals surface area contributed by atoms with Gasteiger partial charge in [-0.1, -0.05) is 25.1 Å². The molecule has 0 heterocycles.